The van der Waals surface area contributed by atoms with Crippen molar-refractivity contribution in [1.29, 1.82) is 0 Å². The first-order valence-corrected chi connectivity index (χ1v) is 12.7. The molecule has 1 aliphatic rings. The minimum absolute atomic E-state index is 0.0679. The summed E-state index contributed by atoms with van der Waals surface area (Å²) in [5, 5.41) is 2.67. The van der Waals surface area contributed by atoms with Crippen molar-refractivity contribution >= 4 is 52.2 Å². The van der Waals surface area contributed by atoms with Gasteiger partial charge in [0.1, 0.15) is 6.54 Å². The third kappa shape index (κ3) is 5.42. The third-order valence-electron chi connectivity index (χ3n) is 6.03. The van der Waals surface area contributed by atoms with Crippen LogP contribution in [0.25, 0.3) is 11.8 Å². The second-order valence-corrected chi connectivity index (χ2v) is 11.2. The first-order valence-electron chi connectivity index (χ1n) is 11.5. The molecule has 4 rings (SSSR count). The molecule has 1 aliphatic heterocycles. The molecule has 3 amide bonds. The van der Waals surface area contributed by atoms with Crippen molar-refractivity contribution < 1.29 is 14.4 Å². The van der Waals surface area contributed by atoms with Crippen molar-refractivity contribution in [3.8, 4) is 5.69 Å². The van der Waals surface area contributed by atoms with Gasteiger partial charge in [0, 0.05) is 27.8 Å². The van der Waals surface area contributed by atoms with Crippen LogP contribution in [0.5, 0.6) is 0 Å². The molecule has 3 aromatic rings. The minimum Gasteiger partial charge on any atom is -0.324 e. The number of halogens is 1. The van der Waals surface area contributed by atoms with Crippen molar-refractivity contribution in [2.75, 3.05) is 11.9 Å². The van der Waals surface area contributed by atoms with Gasteiger partial charge in [-0.25, -0.2) is 0 Å². The van der Waals surface area contributed by atoms with Crippen molar-refractivity contribution in [2.24, 2.45) is 0 Å². The number of anilines is 1. The van der Waals surface area contributed by atoms with Gasteiger partial charge in [-0.1, -0.05) is 50.6 Å². The van der Waals surface area contributed by atoms with Crippen LogP contribution < -0.4 is 5.32 Å². The summed E-state index contributed by atoms with van der Waals surface area (Å²) < 4.78 is 2.13. The molecule has 8 heteroatoms. The van der Waals surface area contributed by atoms with Gasteiger partial charge in [0.15, 0.2) is 0 Å². The summed E-state index contributed by atoms with van der Waals surface area (Å²) in [6.07, 6.45) is 1.72. The normalized spacial score (nSPS) is 15.2. The number of amides is 3. The first kappa shape index (κ1) is 25.8. The van der Waals surface area contributed by atoms with Gasteiger partial charge in [0.05, 0.1) is 4.91 Å². The lowest BCUT2D eigenvalue weighted by atomic mass is 9.87. The van der Waals surface area contributed by atoms with E-state index in [4.69, 9.17) is 11.6 Å². The lowest BCUT2D eigenvalue weighted by molar-refractivity contribution is -0.127. The first-order chi connectivity index (χ1) is 16.9. The van der Waals surface area contributed by atoms with Crippen molar-refractivity contribution in [2.45, 2.75) is 40.0 Å². The molecular weight excluding hydrogens is 494 g/mol. The summed E-state index contributed by atoms with van der Waals surface area (Å²) in [4.78, 5) is 39.2. The summed E-state index contributed by atoms with van der Waals surface area (Å²) in [6.45, 7) is 10.2. The van der Waals surface area contributed by atoms with Crippen molar-refractivity contribution in [3.05, 3.63) is 87.0 Å². The largest absolute Gasteiger partial charge is 0.324 e. The Morgan fingerprint density at radius 1 is 1.06 bits per heavy atom. The van der Waals surface area contributed by atoms with Gasteiger partial charge in [0.2, 0.25) is 5.91 Å². The number of imide groups is 1. The Labute approximate surface area is 220 Å². The summed E-state index contributed by atoms with van der Waals surface area (Å²) >= 11 is 6.79. The number of nitrogens with zero attached hydrogens (tertiary/aromatic N) is 2. The number of hydrogen-bond acceptors (Lipinski definition) is 4. The maximum Gasteiger partial charge on any atom is 0.294 e. The Bertz CT molecular complexity index is 1380. The Kier molecular flexibility index (Phi) is 7.16. The third-order valence-corrected chi connectivity index (χ3v) is 7.17. The van der Waals surface area contributed by atoms with E-state index >= 15 is 0 Å². The van der Waals surface area contributed by atoms with E-state index in [-0.39, 0.29) is 12.0 Å². The molecule has 2 heterocycles. The lowest BCUT2D eigenvalue weighted by Crippen LogP contribution is -2.36. The highest BCUT2D eigenvalue weighted by Gasteiger charge is 2.36. The van der Waals surface area contributed by atoms with E-state index in [0.29, 0.717) is 15.6 Å². The van der Waals surface area contributed by atoms with E-state index in [1.54, 1.807) is 30.3 Å². The quantitative estimate of drug-likeness (QED) is 0.378. The predicted octanol–water partition coefficient (Wildman–Crippen LogP) is 6.72. The number of hydrogen-bond donors (Lipinski definition) is 1. The molecule has 1 N–H and O–H groups in total. The molecule has 1 saturated heterocycles. The number of carbonyl (C=O) groups excluding carboxylic acids is 3. The fraction of sp³-hybridized carbons (Fsp3) is 0.250. The molecule has 0 spiro atoms. The maximum absolute atomic E-state index is 13.0. The van der Waals surface area contributed by atoms with Gasteiger partial charge in [-0.2, -0.15) is 0 Å². The summed E-state index contributed by atoms with van der Waals surface area (Å²) in [6, 6.07) is 17.1. The van der Waals surface area contributed by atoms with Crippen LogP contribution in [0.2, 0.25) is 5.02 Å². The van der Waals surface area contributed by atoms with Crippen LogP contribution in [0.1, 0.15) is 43.3 Å². The number of benzene rings is 2. The zero-order valence-corrected chi connectivity index (χ0v) is 22.5. The van der Waals surface area contributed by atoms with E-state index in [0.717, 1.165) is 39.3 Å². The van der Waals surface area contributed by atoms with Crippen LogP contribution in [0.3, 0.4) is 0 Å². The van der Waals surface area contributed by atoms with E-state index in [1.807, 2.05) is 19.9 Å². The van der Waals surface area contributed by atoms with Crippen LogP contribution >= 0.6 is 23.4 Å². The van der Waals surface area contributed by atoms with Gasteiger partial charge < -0.3 is 9.88 Å². The van der Waals surface area contributed by atoms with E-state index < -0.39 is 17.1 Å². The molecule has 0 atom stereocenters. The van der Waals surface area contributed by atoms with E-state index in [1.165, 1.54) is 5.56 Å². The number of carbonyl (C=O) groups is 3. The zero-order chi connectivity index (χ0) is 26.2. The number of rotatable bonds is 5. The molecule has 1 fully saturated rings. The van der Waals surface area contributed by atoms with Crippen LogP contribution in [0, 0.1) is 13.8 Å². The van der Waals surface area contributed by atoms with Crippen molar-refractivity contribution in [3.63, 3.8) is 0 Å². The Hall–Kier alpha value is -3.29. The maximum atomic E-state index is 13.0. The van der Waals surface area contributed by atoms with Gasteiger partial charge in [0.25, 0.3) is 11.1 Å². The highest BCUT2D eigenvalue weighted by molar-refractivity contribution is 8.18. The topological polar surface area (TPSA) is 71.4 Å². The molecule has 0 unspecified atom stereocenters. The predicted molar refractivity (Wildman–Crippen MR) is 147 cm³/mol. The number of thioether (sulfide) groups is 1. The molecule has 2 aromatic carbocycles. The Balaban J connectivity index is 1.53. The smallest absolute Gasteiger partial charge is 0.294 e. The highest BCUT2D eigenvalue weighted by atomic mass is 35.5. The summed E-state index contributed by atoms with van der Waals surface area (Å²) in [5.41, 5.74) is 5.67. The summed E-state index contributed by atoms with van der Waals surface area (Å²) in [7, 11) is 0. The molecular formula is C28H28ClN3O3S. The monoisotopic (exact) mass is 521 g/mol. The van der Waals surface area contributed by atoms with Crippen molar-refractivity contribution in [1.82, 2.24) is 9.47 Å². The second kappa shape index (κ2) is 9.99. The molecule has 1 aromatic heterocycles. The Morgan fingerprint density at radius 3 is 2.39 bits per heavy atom. The van der Waals surface area contributed by atoms with Gasteiger partial charge in [-0.15, -0.1) is 0 Å². The second-order valence-electron chi connectivity index (χ2n) is 9.79. The van der Waals surface area contributed by atoms with Crippen LogP contribution in [-0.2, 0) is 15.0 Å². The average molecular weight is 522 g/mol. The van der Waals surface area contributed by atoms with Crippen LogP contribution in [0.15, 0.2) is 59.5 Å². The van der Waals surface area contributed by atoms with Gasteiger partial charge in [-0.05, 0) is 84.6 Å². The number of aromatic nitrogens is 1. The van der Waals surface area contributed by atoms with E-state index in [9.17, 15) is 14.4 Å². The fourth-order valence-corrected chi connectivity index (χ4v) is 5.15. The number of aryl methyl sites for hydroxylation is 1. The lowest BCUT2D eigenvalue weighted by Gasteiger charge is -2.20. The van der Waals surface area contributed by atoms with E-state index in [2.05, 4.69) is 54.9 Å². The Morgan fingerprint density at radius 2 is 1.75 bits per heavy atom. The SMILES string of the molecule is Cc1cc(/C=C2\SC(=O)N(CC(=O)Nc3cccc(Cl)c3)C2=O)c(C)n1-c1ccc(C(C)(C)C)cc1. The minimum atomic E-state index is -0.481. The molecule has 186 valence electrons. The summed E-state index contributed by atoms with van der Waals surface area (Å²) in [5.74, 6) is -0.955. The highest BCUT2D eigenvalue weighted by Crippen LogP contribution is 2.34. The molecule has 6 nitrogen and oxygen atoms in total. The van der Waals surface area contributed by atoms with Crippen LogP contribution in [0.4, 0.5) is 10.5 Å². The molecule has 0 aliphatic carbocycles. The van der Waals surface area contributed by atoms with Gasteiger partial charge in [-0.3, -0.25) is 19.3 Å². The average Bonchev–Trinajstić information content (AvgIpc) is 3.22. The molecule has 0 saturated carbocycles. The standard InChI is InChI=1S/C28H28ClN3O3S/c1-17-13-19(18(2)32(17)23-11-9-20(10-12-23)28(3,4)5)14-24-26(34)31(27(35)36-24)16-25(33)30-22-8-6-7-21(29)15-22/h6-15H,16H2,1-5H3,(H,30,33)/b24-14-. The molecule has 0 radical (unpaired) electrons. The van der Waals surface area contributed by atoms with Crippen LogP contribution in [-0.4, -0.2) is 33.1 Å². The number of nitrogens with one attached hydrogen (secondary N) is 1. The zero-order valence-electron chi connectivity index (χ0n) is 20.9. The molecule has 0 bridgehead atoms. The van der Waals surface area contributed by atoms with Gasteiger partial charge >= 0.3 is 0 Å². The fourth-order valence-electron chi connectivity index (χ4n) is 4.13. The molecule has 36 heavy (non-hydrogen) atoms.